The van der Waals surface area contributed by atoms with Gasteiger partial charge in [-0.1, -0.05) is 30.3 Å². The summed E-state index contributed by atoms with van der Waals surface area (Å²) < 4.78 is 5.22. The molecule has 1 aliphatic heterocycles. The van der Waals surface area contributed by atoms with Gasteiger partial charge in [0.2, 0.25) is 0 Å². The summed E-state index contributed by atoms with van der Waals surface area (Å²) in [4.78, 5) is 13.6. The molecule has 0 saturated carbocycles. The molecule has 0 atom stereocenters. The molecular formula is C13H17N3O2. The summed E-state index contributed by atoms with van der Waals surface area (Å²) in [6.45, 7) is 3.36. The lowest BCUT2D eigenvalue weighted by Gasteiger charge is -2.25. The molecule has 1 aromatic carbocycles. The lowest BCUT2D eigenvalue weighted by molar-refractivity contribution is -0.123. The maximum atomic E-state index is 11.6. The van der Waals surface area contributed by atoms with Crippen molar-refractivity contribution in [3.05, 3.63) is 35.9 Å². The Balaban J connectivity index is 1.72. The predicted molar refractivity (Wildman–Crippen MR) is 69.4 cm³/mol. The van der Waals surface area contributed by atoms with Crippen LogP contribution in [0.3, 0.4) is 0 Å². The molecule has 1 heterocycles. The van der Waals surface area contributed by atoms with Crippen LogP contribution in [0.4, 0.5) is 0 Å². The number of morpholine rings is 1. The topological polar surface area (TPSA) is 53.9 Å². The third-order valence-corrected chi connectivity index (χ3v) is 2.67. The minimum atomic E-state index is -0.0934. The molecule has 0 aliphatic carbocycles. The standard InChI is InChI=1S/C13H17N3O2/c17-13(11-16-6-8-18-9-7-16)15-14-10-12-4-2-1-3-5-12/h1-5,10H,6-9,11H2,(H,15,17)/b14-10-. The van der Waals surface area contributed by atoms with Gasteiger partial charge in [-0.25, -0.2) is 5.43 Å². The van der Waals surface area contributed by atoms with E-state index in [0.29, 0.717) is 19.8 Å². The zero-order valence-electron chi connectivity index (χ0n) is 10.2. The van der Waals surface area contributed by atoms with Crippen LogP contribution in [-0.2, 0) is 9.53 Å². The number of ether oxygens (including phenoxy) is 1. The van der Waals surface area contributed by atoms with Crippen molar-refractivity contribution in [2.45, 2.75) is 0 Å². The van der Waals surface area contributed by atoms with Crippen molar-refractivity contribution in [1.82, 2.24) is 10.3 Å². The summed E-state index contributed by atoms with van der Waals surface area (Å²) in [5.41, 5.74) is 3.49. The number of nitrogens with zero attached hydrogens (tertiary/aromatic N) is 2. The molecule has 0 spiro atoms. The van der Waals surface area contributed by atoms with Crippen LogP contribution in [-0.4, -0.2) is 49.9 Å². The van der Waals surface area contributed by atoms with E-state index in [1.54, 1.807) is 6.21 Å². The zero-order valence-corrected chi connectivity index (χ0v) is 10.2. The van der Waals surface area contributed by atoms with Crippen LogP contribution in [0.5, 0.6) is 0 Å². The van der Waals surface area contributed by atoms with E-state index in [2.05, 4.69) is 15.4 Å². The highest BCUT2D eigenvalue weighted by Gasteiger charge is 2.13. The van der Waals surface area contributed by atoms with Crippen molar-refractivity contribution >= 4 is 12.1 Å². The van der Waals surface area contributed by atoms with Gasteiger partial charge in [-0.05, 0) is 5.56 Å². The van der Waals surface area contributed by atoms with Gasteiger partial charge >= 0.3 is 0 Å². The van der Waals surface area contributed by atoms with Gasteiger partial charge in [0, 0.05) is 13.1 Å². The Bertz CT molecular complexity index is 400. The number of hydrogen-bond donors (Lipinski definition) is 1. The number of nitrogens with one attached hydrogen (secondary N) is 1. The minimum absolute atomic E-state index is 0.0934. The first-order chi connectivity index (χ1) is 8.84. The van der Waals surface area contributed by atoms with Gasteiger partial charge in [0.05, 0.1) is 26.0 Å². The van der Waals surface area contributed by atoms with Crippen molar-refractivity contribution in [3.8, 4) is 0 Å². The number of amides is 1. The molecule has 5 nitrogen and oxygen atoms in total. The van der Waals surface area contributed by atoms with Gasteiger partial charge in [0.1, 0.15) is 0 Å². The van der Waals surface area contributed by atoms with Crippen LogP contribution in [0.1, 0.15) is 5.56 Å². The fraction of sp³-hybridized carbons (Fsp3) is 0.385. The van der Waals surface area contributed by atoms with Crippen molar-refractivity contribution in [3.63, 3.8) is 0 Å². The van der Waals surface area contributed by atoms with E-state index in [1.165, 1.54) is 0 Å². The minimum Gasteiger partial charge on any atom is -0.379 e. The molecule has 0 bridgehead atoms. The SMILES string of the molecule is O=C(CN1CCOCC1)N/N=C\c1ccccc1. The summed E-state index contributed by atoms with van der Waals surface area (Å²) >= 11 is 0. The number of benzene rings is 1. The molecule has 1 fully saturated rings. The maximum Gasteiger partial charge on any atom is 0.254 e. The van der Waals surface area contributed by atoms with Crippen LogP contribution in [0, 0.1) is 0 Å². The van der Waals surface area contributed by atoms with E-state index >= 15 is 0 Å². The molecule has 1 N–H and O–H groups in total. The molecule has 2 rings (SSSR count). The van der Waals surface area contributed by atoms with E-state index in [9.17, 15) is 4.79 Å². The third-order valence-electron chi connectivity index (χ3n) is 2.67. The van der Waals surface area contributed by atoms with Crippen molar-refractivity contribution in [2.75, 3.05) is 32.8 Å². The summed E-state index contributed by atoms with van der Waals surface area (Å²) in [5, 5.41) is 3.92. The molecule has 18 heavy (non-hydrogen) atoms. The molecule has 96 valence electrons. The zero-order chi connectivity index (χ0) is 12.6. The van der Waals surface area contributed by atoms with E-state index in [4.69, 9.17) is 4.74 Å². The van der Waals surface area contributed by atoms with E-state index in [-0.39, 0.29) is 5.91 Å². The van der Waals surface area contributed by atoms with Crippen LogP contribution >= 0.6 is 0 Å². The molecule has 5 heteroatoms. The van der Waals surface area contributed by atoms with Crippen LogP contribution in [0.2, 0.25) is 0 Å². The smallest absolute Gasteiger partial charge is 0.254 e. The van der Waals surface area contributed by atoms with Crippen molar-refractivity contribution in [1.29, 1.82) is 0 Å². The quantitative estimate of drug-likeness (QED) is 0.621. The second-order valence-electron chi connectivity index (χ2n) is 4.09. The Morgan fingerprint density at radius 3 is 2.78 bits per heavy atom. The van der Waals surface area contributed by atoms with Gasteiger partial charge in [-0.2, -0.15) is 5.10 Å². The number of hydrazone groups is 1. The molecule has 0 aromatic heterocycles. The number of rotatable bonds is 4. The van der Waals surface area contributed by atoms with Crippen LogP contribution < -0.4 is 5.43 Å². The monoisotopic (exact) mass is 247 g/mol. The van der Waals surface area contributed by atoms with Gasteiger partial charge in [0.25, 0.3) is 5.91 Å². The van der Waals surface area contributed by atoms with E-state index in [1.807, 2.05) is 30.3 Å². The van der Waals surface area contributed by atoms with Crippen LogP contribution in [0.15, 0.2) is 35.4 Å². The molecule has 0 radical (unpaired) electrons. The molecule has 1 aliphatic rings. The van der Waals surface area contributed by atoms with Crippen molar-refractivity contribution in [2.24, 2.45) is 5.10 Å². The normalized spacial score (nSPS) is 16.9. The second-order valence-corrected chi connectivity index (χ2v) is 4.09. The molecule has 0 unspecified atom stereocenters. The second kappa shape index (κ2) is 6.88. The first kappa shape index (κ1) is 12.7. The molecule has 1 amide bonds. The maximum absolute atomic E-state index is 11.6. The molecule has 1 saturated heterocycles. The average Bonchev–Trinajstić information content (AvgIpc) is 2.41. The van der Waals surface area contributed by atoms with Gasteiger partial charge < -0.3 is 4.74 Å². The Morgan fingerprint density at radius 1 is 1.33 bits per heavy atom. The fourth-order valence-corrected chi connectivity index (χ4v) is 1.72. The lowest BCUT2D eigenvalue weighted by atomic mass is 10.2. The summed E-state index contributed by atoms with van der Waals surface area (Å²) in [5.74, 6) is -0.0934. The Morgan fingerprint density at radius 2 is 2.06 bits per heavy atom. The summed E-state index contributed by atoms with van der Waals surface area (Å²) in [6.07, 6.45) is 1.64. The number of carbonyl (C=O) groups is 1. The molecular weight excluding hydrogens is 230 g/mol. The molecule has 1 aromatic rings. The van der Waals surface area contributed by atoms with Gasteiger partial charge in [-0.3, -0.25) is 9.69 Å². The Labute approximate surface area is 106 Å². The summed E-state index contributed by atoms with van der Waals surface area (Å²) in [7, 11) is 0. The van der Waals surface area contributed by atoms with Crippen molar-refractivity contribution < 1.29 is 9.53 Å². The third kappa shape index (κ3) is 4.27. The summed E-state index contributed by atoms with van der Waals surface area (Å²) in [6, 6.07) is 9.65. The number of carbonyl (C=O) groups excluding carboxylic acids is 1. The number of hydrogen-bond acceptors (Lipinski definition) is 4. The highest BCUT2D eigenvalue weighted by atomic mass is 16.5. The Hall–Kier alpha value is -1.72. The average molecular weight is 247 g/mol. The highest BCUT2D eigenvalue weighted by Crippen LogP contribution is 1.96. The van der Waals surface area contributed by atoms with Gasteiger partial charge in [0.15, 0.2) is 0 Å². The van der Waals surface area contributed by atoms with E-state index in [0.717, 1.165) is 18.7 Å². The first-order valence-electron chi connectivity index (χ1n) is 6.01. The largest absolute Gasteiger partial charge is 0.379 e. The van der Waals surface area contributed by atoms with E-state index < -0.39 is 0 Å². The lowest BCUT2D eigenvalue weighted by Crippen LogP contribution is -2.42. The predicted octanol–water partition coefficient (Wildman–Crippen LogP) is 0.469. The van der Waals surface area contributed by atoms with Crippen LogP contribution in [0.25, 0.3) is 0 Å². The first-order valence-corrected chi connectivity index (χ1v) is 6.01. The highest BCUT2D eigenvalue weighted by molar-refractivity contribution is 5.83. The van der Waals surface area contributed by atoms with Gasteiger partial charge in [-0.15, -0.1) is 0 Å². The fourth-order valence-electron chi connectivity index (χ4n) is 1.72. The Kier molecular flexibility index (Phi) is 4.87.